The molecule has 0 radical (unpaired) electrons. The molecule has 0 spiro atoms. The second-order valence-corrected chi connectivity index (χ2v) is 4.52. The highest BCUT2D eigenvalue weighted by Crippen LogP contribution is 2.25. The first-order valence-corrected chi connectivity index (χ1v) is 5.83. The van der Waals surface area contributed by atoms with Crippen molar-refractivity contribution in [2.45, 2.75) is 44.2 Å². The third kappa shape index (κ3) is 3.47. The molecule has 15 heavy (non-hydrogen) atoms. The monoisotopic (exact) mass is 213 g/mol. The molecule has 0 aromatic heterocycles. The van der Waals surface area contributed by atoms with Gasteiger partial charge in [-0.15, -0.1) is 0 Å². The first-order chi connectivity index (χ1) is 7.25. The molecule has 4 heteroatoms. The molecule has 2 fully saturated rings. The Bertz CT molecular complexity index is 228. The van der Waals surface area contributed by atoms with E-state index in [4.69, 9.17) is 9.84 Å². The number of piperidine rings is 1. The summed E-state index contributed by atoms with van der Waals surface area (Å²) >= 11 is 0. The lowest BCUT2D eigenvalue weighted by Crippen LogP contribution is -2.41. The summed E-state index contributed by atoms with van der Waals surface area (Å²) in [6, 6.07) is 0.561. The first-order valence-electron chi connectivity index (χ1n) is 5.83. The van der Waals surface area contributed by atoms with Crippen LogP contribution in [0.2, 0.25) is 0 Å². The van der Waals surface area contributed by atoms with Crippen molar-refractivity contribution in [3.63, 3.8) is 0 Å². The van der Waals surface area contributed by atoms with Crippen LogP contribution in [0.5, 0.6) is 0 Å². The molecule has 0 aromatic carbocycles. The summed E-state index contributed by atoms with van der Waals surface area (Å²) in [6.07, 6.45) is 5.52. The predicted octanol–water partition coefficient (Wildman–Crippen LogP) is 1.10. The zero-order valence-corrected chi connectivity index (χ0v) is 9.02. The van der Waals surface area contributed by atoms with E-state index in [9.17, 15) is 4.79 Å². The Morgan fingerprint density at radius 3 is 2.93 bits per heavy atom. The SMILES string of the molecule is O=C(O)CCN1CCCCC1CC1CO1. The van der Waals surface area contributed by atoms with Crippen LogP contribution in [0.1, 0.15) is 32.1 Å². The lowest BCUT2D eigenvalue weighted by molar-refractivity contribution is -0.137. The van der Waals surface area contributed by atoms with Gasteiger partial charge in [0.1, 0.15) is 0 Å². The van der Waals surface area contributed by atoms with Gasteiger partial charge in [0.15, 0.2) is 0 Å². The number of hydrogen-bond donors (Lipinski definition) is 1. The third-order valence-electron chi connectivity index (χ3n) is 3.30. The fourth-order valence-corrected chi connectivity index (χ4v) is 2.37. The van der Waals surface area contributed by atoms with E-state index in [2.05, 4.69) is 4.90 Å². The predicted molar refractivity (Wildman–Crippen MR) is 55.8 cm³/mol. The van der Waals surface area contributed by atoms with Crippen molar-refractivity contribution >= 4 is 5.97 Å². The minimum absolute atomic E-state index is 0.266. The van der Waals surface area contributed by atoms with Crippen LogP contribution in [0.4, 0.5) is 0 Å². The summed E-state index contributed by atoms with van der Waals surface area (Å²) in [4.78, 5) is 12.9. The van der Waals surface area contributed by atoms with Gasteiger partial charge in [-0.05, 0) is 25.8 Å². The average molecular weight is 213 g/mol. The molecule has 0 aliphatic carbocycles. The Morgan fingerprint density at radius 1 is 1.47 bits per heavy atom. The molecule has 0 bridgehead atoms. The summed E-state index contributed by atoms with van der Waals surface area (Å²) in [5.74, 6) is -0.693. The highest BCUT2D eigenvalue weighted by atomic mass is 16.6. The number of epoxide rings is 1. The smallest absolute Gasteiger partial charge is 0.304 e. The summed E-state index contributed by atoms with van der Waals surface area (Å²) in [6.45, 7) is 2.67. The van der Waals surface area contributed by atoms with E-state index < -0.39 is 5.97 Å². The molecule has 2 aliphatic heterocycles. The number of carboxylic acids is 1. The quantitative estimate of drug-likeness (QED) is 0.695. The van der Waals surface area contributed by atoms with Gasteiger partial charge in [-0.25, -0.2) is 0 Å². The Balaban J connectivity index is 1.78. The number of ether oxygens (including phenoxy) is 1. The van der Waals surface area contributed by atoms with Gasteiger partial charge in [0.2, 0.25) is 0 Å². The molecule has 2 heterocycles. The van der Waals surface area contributed by atoms with Gasteiger partial charge < -0.3 is 9.84 Å². The molecule has 0 saturated carbocycles. The highest BCUT2D eigenvalue weighted by molar-refractivity contribution is 5.66. The normalized spacial score (nSPS) is 31.5. The van der Waals surface area contributed by atoms with E-state index in [1.54, 1.807) is 0 Å². The standard InChI is InChI=1S/C11H19NO3/c13-11(14)4-6-12-5-2-1-3-9(12)7-10-8-15-10/h9-10H,1-8H2,(H,13,14). The summed E-state index contributed by atoms with van der Waals surface area (Å²) in [5.41, 5.74) is 0. The van der Waals surface area contributed by atoms with Crippen molar-refractivity contribution in [1.82, 2.24) is 4.90 Å². The highest BCUT2D eigenvalue weighted by Gasteiger charge is 2.31. The molecular weight excluding hydrogens is 194 g/mol. The van der Waals surface area contributed by atoms with Crippen LogP contribution in [-0.4, -0.2) is 47.8 Å². The maximum absolute atomic E-state index is 10.5. The Morgan fingerprint density at radius 2 is 2.27 bits per heavy atom. The molecule has 2 saturated heterocycles. The number of rotatable bonds is 5. The van der Waals surface area contributed by atoms with Crippen LogP contribution < -0.4 is 0 Å². The maximum Gasteiger partial charge on any atom is 0.304 e. The molecular formula is C11H19NO3. The fraction of sp³-hybridized carbons (Fsp3) is 0.909. The van der Waals surface area contributed by atoms with E-state index in [0.29, 0.717) is 18.7 Å². The molecule has 0 amide bonds. The van der Waals surface area contributed by atoms with Gasteiger partial charge in [0.05, 0.1) is 19.1 Å². The van der Waals surface area contributed by atoms with Crippen molar-refractivity contribution in [1.29, 1.82) is 0 Å². The Hall–Kier alpha value is -0.610. The number of aliphatic carboxylic acids is 1. The zero-order chi connectivity index (χ0) is 10.7. The topological polar surface area (TPSA) is 53.1 Å². The second-order valence-electron chi connectivity index (χ2n) is 4.52. The van der Waals surface area contributed by atoms with Crippen LogP contribution in [-0.2, 0) is 9.53 Å². The van der Waals surface area contributed by atoms with Crippen LogP contribution in [0.3, 0.4) is 0 Å². The van der Waals surface area contributed by atoms with E-state index in [1.165, 1.54) is 19.3 Å². The second kappa shape index (κ2) is 4.94. The Labute approximate surface area is 90.2 Å². The molecule has 2 unspecified atom stereocenters. The number of hydrogen-bond acceptors (Lipinski definition) is 3. The number of nitrogens with zero attached hydrogens (tertiary/aromatic N) is 1. The summed E-state index contributed by atoms with van der Waals surface area (Å²) in [7, 11) is 0. The molecule has 2 aliphatic rings. The molecule has 0 aromatic rings. The van der Waals surface area contributed by atoms with Gasteiger partial charge in [0, 0.05) is 12.6 Å². The van der Waals surface area contributed by atoms with Gasteiger partial charge >= 0.3 is 5.97 Å². The van der Waals surface area contributed by atoms with Crippen LogP contribution in [0.25, 0.3) is 0 Å². The van der Waals surface area contributed by atoms with Gasteiger partial charge in [0.25, 0.3) is 0 Å². The lowest BCUT2D eigenvalue weighted by atomic mass is 9.98. The van der Waals surface area contributed by atoms with Crippen molar-refractivity contribution in [2.24, 2.45) is 0 Å². The van der Waals surface area contributed by atoms with Crippen LogP contribution >= 0.6 is 0 Å². The van der Waals surface area contributed by atoms with E-state index in [0.717, 1.165) is 19.6 Å². The summed E-state index contributed by atoms with van der Waals surface area (Å²) < 4.78 is 5.24. The lowest BCUT2D eigenvalue weighted by Gasteiger charge is -2.35. The van der Waals surface area contributed by atoms with Gasteiger partial charge in [-0.1, -0.05) is 6.42 Å². The molecule has 2 atom stereocenters. The number of likely N-dealkylation sites (tertiary alicyclic amines) is 1. The molecule has 2 rings (SSSR count). The zero-order valence-electron chi connectivity index (χ0n) is 9.02. The fourth-order valence-electron chi connectivity index (χ4n) is 2.37. The summed E-state index contributed by atoms with van der Waals surface area (Å²) in [5, 5.41) is 8.67. The third-order valence-corrected chi connectivity index (χ3v) is 3.30. The number of carbonyl (C=O) groups is 1. The van der Waals surface area contributed by atoms with E-state index >= 15 is 0 Å². The van der Waals surface area contributed by atoms with Crippen LogP contribution in [0, 0.1) is 0 Å². The van der Waals surface area contributed by atoms with Gasteiger partial charge in [-0.2, -0.15) is 0 Å². The van der Waals surface area contributed by atoms with Crippen molar-refractivity contribution in [3.05, 3.63) is 0 Å². The largest absolute Gasteiger partial charge is 0.481 e. The van der Waals surface area contributed by atoms with Crippen molar-refractivity contribution < 1.29 is 14.6 Å². The minimum atomic E-state index is -0.693. The van der Waals surface area contributed by atoms with Crippen molar-refractivity contribution in [3.8, 4) is 0 Å². The van der Waals surface area contributed by atoms with Crippen molar-refractivity contribution in [2.75, 3.05) is 19.7 Å². The maximum atomic E-state index is 10.5. The van der Waals surface area contributed by atoms with Gasteiger partial charge in [-0.3, -0.25) is 9.69 Å². The number of carboxylic acid groups (broad SMARTS) is 1. The Kier molecular flexibility index (Phi) is 3.59. The molecule has 86 valence electrons. The minimum Gasteiger partial charge on any atom is -0.481 e. The molecule has 4 nitrogen and oxygen atoms in total. The average Bonchev–Trinajstić information content (AvgIpc) is 3.00. The van der Waals surface area contributed by atoms with E-state index in [-0.39, 0.29) is 6.42 Å². The first kappa shape index (κ1) is 10.9. The molecule has 1 N–H and O–H groups in total. The van der Waals surface area contributed by atoms with E-state index in [1.807, 2.05) is 0 Å². The van der Waals surface area contributed by atoms with Crippen LogP contribution in [0.15, 0.2) is 0 Å².